The van der Waals surface area contributed by atoms with Crippen LogP contribution in [-0.4, -0.2) is 7.05 Å². The SMILES string of the molecule is CNc1cc2ccccc2cc1-c1ccccc1. The number of nitrogens with one attached hydrogen (secondary N) is 1. The van der Waals surface area contributed by atoms with Gasteiger partial charge in [-0.3, -0.25) is 0 Å². The van der Waals surface area contributed by atoms with E-state index in [2.05, 4.69) is 66.0 Å². The van der Waals surface area contributed by atoms with Crippen molar-refractivity contribution in [1.29, 1.82) is 0 Å². The Bertz CT molecular complexity index is 672. The van der Waals surface area contributed by atoms with Crippen molar-refractivity contribution in [2.24, 2.45) is 0 Å². The van der Waals surface area contributed by atoms with Crippen molar-refractivity contribution in [3.63, 3.8) is 0 Å². The van der Waals surface area contributed by atoms with E-state index in [0.717, 1.165) is 0 Å². The van der Waals surface area contributed by atoms with E-state index in [4.69, 9.17) is 0 Å². The van der Waals surface area contributed by atoms with Crippen molar-refractivity contribution < 1.29 is 0 Å². The van der Waals surface area contributed by atoms with Crippen LogP contribution in [0.1, 0.15) is 0 Å². The van der Waals surface area contributed by atoms with Gasteiger partial charge in [0.2, 0.25) is 0 Å². The second-order valence-electron chi connectivity index (χ2n) is 4.36. The van der Waals surface area contributed by atoms with E-state index in [1.54, 1.807) is 0 Å². The molecule has 0 aliphatic carbocycles. The first-order valence-corrected chi connectivity index (χ1v) is 6.14. The van der Waals surface area contributed by atoms with Gasteiger partial charge in [-0.2, -0.15) is 0 Å². The molecule has 0 heterocycles. The van der Waals surface area contributed by atoms with E-state index in [-0.39, 0.29) is 0 Å². The van der Waals surface area contributed by atoms with Crippen molar-refractivity contribution in [3.8, 4) is 11.1 Å². The molecule has 3 rings (SSSR count). The first-order valence-electron chi connectivity index (χ1n) is 6.14. The molecule has 0 radical (unpaired) electrons. The van der Waals surface area contributed by atoms with E-state index >= 15 is 0 Å². The molecule has 0 amide bonds. The van der Waals surface area contributed by atoms with E-state index in [1.807, 2.05) is 13.1 Å². The molecule has 0 bridgehead atoms. The Labute approximate surface area is 107 Å². The highest BCUT2D eigenvalue weighted by Crippen LogP contribution is 2.32. The van der Waals surface area contributed by atoms with Crippen LogP contribution in [0.5, 0.6) is 0 Å². The average molecular weight is 233 g/mol. The predicted molar refractivity (Wildman–Crippen MR) is 78.9 cm³/mol. The van der Waals surface area contributed by atoms with Gasteiger partial charge in [0.1, 0.15) is 0 Å². The summed E-state index contributed by atoms with van der Waals surface area (Å²) in [5.41, 5.74) is 3.66. The van der Waals surface area contributed by atoms with Crippen molar-refractivity contribution in [1.82, 2.24) is 0 Å². The lowest BCUT2D eigenvalue weighted by Gasteiger charge is -2.11. The summed E-state index contributed by atoms with van der Waals surface area (Å²) in [6.45, 7) is 0. The summed E-state index contributed by atoms with van der Waals surface area (Å²) < 4.78 is 0. The molecule has 1 heteroatoms. The highest BCUT2D eigenvalue weighted by atomic mass is 14.8. The molecule has 0 fully saturated rings. The van der Waals surface area contributed by atoms with E-state index < -0.39 is 0 Å². The Balaban J connectivity index is 2.27. The van der Waals surface area contributed by atoms with E-state index in [1.165, 1.54) is 27.6 Å². The van der Waals surface area contributed by atoms with E-state index in [9.17, 15) is 0 Å². The largest absolute Gasteiger partial charge is 0.388 e. The Morgan fingerprint density at radius 3 is 2.00 bits per heavy atom. The lowest BCUT2D eigenvalue weighted by atomic mass is 9.99. The van der Waals surface area contributed by atoms with Crippen molar-refractivity contribution in [2.45, 2.75) is 0 Å². The zero-order valence-corrected chi connectivity index (χ0v) is 10.4. The monoisotopic (exact) mass is 233 g/mol. The van der Waals surface area contributed by atoms with Gasteiger partial charge in [0, 0.05) is 18.3 Å². The Kier molecular flexibility index (Phi) is 2.73. The quantitative estimate of drug-likeness (QED) is 0.684. The molecule has 18 heavy (non-hydrogen) atoms. The zero-order valence-electron chi connectivity index (χ0n) is 10.4. The summed E-state index contributed by atoms with van der Waals surface area (Å²) in [4.78, 5) is 0. The minimum atomic E-state index is 1.17. The summed E-state index contributed by atoms with van der Waals surface area (Å²) in [6.07, 6.45) is 0. The van der Waals surface area contributed by atoms with Crippen LogP contribution in [0.2, 0.25) is 0 Å². The van der Waals surface area contributed by atoms with Gasteiger partial charge in [-0.25, -0.2) is 0 Å². The molecule has 0 aromatic heterocycles. The van der Waals surface area contributed by atoms with Crippen LogP contribution < -0.4 is 5.32 Å². The van der Waals surface area contributed by atoms with Crippen LogP contribution in [0.3, 0.4) is 0 Å². The third-order valence-electron chi connectivity index (χ3n) is 3.24. The molecule has 1 N–H and O–H groups in total. The maximum atomic E-state index is 3.29. The average Bonchev–Trinajstić information content (AvgIpc) is 2.46. The number of anilines is 1. The van der Waals surface area contributed by atoms with Crippen LogP contribution in [0.4, 0.5) is 5.69 Å². The zero-order chi connectivity index (χ0) is 12.4. The third kappa shape index (κ3) is 1.84. The Hall–Kier alpha value is -2.28. The third-order valence-corrected chi connectivity index (χ3v) is 3.24. The van der Waals surface area contributed by atoms with Gasteiger partial charge >= 0.3 is 0 Å². The predicted octanol–water partition coefficient (Wildman–Crippen LogP) is 4.55. The van der Waals surface area contributed by atoms with Crippen molar-refractivity contribution in [2.75, 3.05) is 12.4 Å². The summed E-state index contributed by atoms with van der Waals surface area (Å²) in [6, 6.07) is 23.4. The molecule has 88 valence electrons. The van der Waals surface area contributed by atoms with Gasteiger partial charge in [0.25, 0.3) is 0 Å². The maximum Gasteiger partial charge on any atom is 0.0423 e. The van der Waals surface area contributed by atoms with Gasteiger partial charge in [-0.15, -0.1) is 0 Å². The fourth-order valence-electron chi connectivity index (χ4n) is 2.30. The summed E-state index contributed by atoms with van der Waals surface area (Å²) in [5.74, 6) is 0. The van der Waals surface area contributed by atoms with Crippen LogP contribution in [-0.2, 0) is 0 Å². The van der Waals surface area contributed by atoms with E-state index in [0.29, 0.717) is 0 Å². The molecule has 0 saturated heterocycles. The molecule has 0 saturated carbocycles. The molecule has 3 aromatic rings. The van der Waals surface area contributed by atoms with Gasteiger partial charge in [0.05, 0.1) is 0 Å². The van der Waals surface area contributed by atoms with Crippen LogP contribution in [0, 0.1) is 0 Å². The van der Waals surface area contributed by atoms with Crippen LogP contribution in [0.15, 0.2) is 66.7 Å². The summed E-state index contributed by atoms with van der Waals surface area (Å²) in [5, 5.41) is 5.82. The highest BCUT2D eigenvalue weighted by Gasteiger charge is 2.05. The molecular formula is C17H15N. The second-order valence-corrected chi connectivity index (χ2v) is 4.36. The highest BCUT2D eigenvalue weighted by molar-refractivity contribution is 5.94. The van der Waals surface area contributed by atoms with Gasteiger partial charge in [-0.05, 0) is 28.5 Å². The fraction of sp³-hybridized carbons (Fsp3) is 0.0588. The Morgan fingerprint density at radius 2 is 1.33 bits per heavy atom. The molecule has 0 unspecified atom stereocenters. The molecule has 0 aliphatic heterocycles. The first-order chi connectivity index (χ1) is 8.88. The number of fused-ring (bicyclic) bond motifs is 1. The lowest BCUT2D eigenvalue weighted by Crippen LogP contribution is -1.92. The Morgan fingerprint density at radius 1 is 0.722 bits per heavy atom. The molecule has 1 nitrogen and oxygen atoms in total. The van der Waals surface area contributed by atoms with Crippen molar-refractivity contribution >= 4 is 16.5 Å². The number of hydrogen-bond donors (Lipinski definition) is 1. The molecule has 0 aliphatic rings. The summed E-state index contributed by atoms with van der Waals surface area (Å²) in [7, 11) is 1.97. The topological polar surface area (TPSA) is 12.0 Å². The minimum Gasteiger partial charge on any atom is -0.388 e. The smallest absolute Gasteiger partial charge is 0.0423 e. The molecule has 0 atom stereocenters. The first kappa shape index (κ1) is 10.8. The minimum absolute atomic E-state index is 1.17. The number of hydrogen-bond acceptors (Lipinski definition) is 1. The van der Waals surface area contributed by atoms with Crippen molar-refractivity contribution in [3.05, 3.63) is 66.7 Å². The van der Waals surface area contributed by atoms with Gasteiger partial charge < -0.3 is 5.32 Å². The normalized spacial score (nSPS) is 10.5. The lowest BCUT2D eigenvalue weighted by molar-refractivity contribution is 1.52. The van der Waals surface area contributed by atoms with Crippen LogP contribution in [0.25, 0.3) is 21.9 Å². The molecule has 0 spiro atoms. The standard InChI is InChI=1S/C17H15N/c1-18-17-12-15-10-6-5-9-14(15)11-16(17)13-7-3-2-4-8-13/h2-12,18H,1H3. The molecule has 3 aromatic carbocycles. The summed E-state index contributed by atoms with van der Waals surface area (Å²) >= 11 is 0. The number of rotatable bonds is 2. The fourth-order valence-corrected chi connectivity index (χ4v) is 2.30. The second kappa shape index (κ2) is 4.53. The van der Waals surface area contributed by atoms with Gasteiger partial charge in [0.15, 0.2) is 0 Å². The maximum absolute atomic E-state index is 3.29. The van der Waals surface area contributed by atoms with Crippen LogP contribution >= 0.6 is 0 Å². The molecular weight excluding hydrogens is 218 g/mol. The van der Waals surface area contributed by atoms with Gasteiger partial charge in [-0.1, -0.05) is 54.6 Å². The number of benzene rings is 3.